The van der Waals surface area contributed by atoms with E-state index in [1.807, 2.05) is 17.5 Å². The molecule has 9 heteroatoms. The number of methoxy groups -OCH3 is 2. The molecule has 0 bridgehead atoms. The molecule has 0 aliphatic carbocycles. The summed E-state index contributed by atoms with van der Waals surface area (Å²) in [5.74, 6) is 0.0733. The molecular formula is C26H26N2O6S. The molecule has 0 fully saturated rings. The third-order valence-electron chi connectivity index (χ3n) is 5.92. The number of carbonyl (C=O) groups is 3. The molecule has 182 valence electrons. The summed E-state index contributed by atoms with van der Waals surface area (Å²) in [7, 11) is 4.76. The Morgan fingerprint density at radius 2 is 1.71 bits per heavy atom. The summed E-state index contributed by atoms with van der Waals surface area (Å²) in [5.41, 5.74) is 2.69. The number of nitrogens with zero attached hydrogens (tertiary/aromatic N) is 2. The van der Waals surface area contributed by atoms with Crippen LogP contribution in [0.15, 0.2) is 53.9 Å². The Labute approximate surface area is 207 Å². The van der Waals surface area contributed by atoms with Gasteiger partial charge >= 0.3 is 5.97 Å². The minimum absolute atomic E-state index is 0.216. The second-order valence-corrected chi connectivity index (χ2v) is 8.92. The summed E-state index contributed by atoms with van der Waals surface area (Å²) < 4.78 is 16.1. The highest BCUT2D eigenvalue weighted by atomic mass is 32.1. The fraction of sp³-hybridized carbons (Fsp3) is 0.269. The number of amides is 2. The SMILES string of the molecule is COc1cc2c(cc1OC)CN(C(=O)COC(=O)c1ccccc1N(C)C(=O)c1cccs1)CC2. The number of hydrogen-bond donors (Lipinski definition) is 0. The quantitative estimate of drug-likeness (QED) is 0.465. The number of hydrogen-bond acceptors (Lipinski definition) is 7. The summed E-state index contributed by atoms with van der Waals surface area (Å²) in [4.78, 5) is 42.1. The highest BCUT2D eigenvalue weighted by molar-refractivity contribution is 7.12. The van der Waals surface area contributed by atoms with Gasteiger partial charge in [0.25, 0.3) is 11.8 Å². The lowest BCUT2D eigenvalue weighted by molar-refractivity contribution is -0.135. The molecule has 2 heterocycles. The van der Waals surface area contributed by atoms with E-state index in [0.717, 1.165) is 11.1 Å². The number of benzene rings is 2. The Kier molecular flexibility index (Phi) is 7.36. The van der Waals surface area contributed by atoms with Gasteiger partial charge in [-0.1, -0.05) is 18.2 Å². The highest BCUT2D eigenvalue weighted by Gasteiger charge is 2.25. The summed E-state index contributed by atoms with van der Waals surface area (Å²) in [6, 6.07) is 14.0. The van der Waals surface area contributed by atoms with Gasteiger partial charge in [-0.3, -0.25) is 9.59 Å². The van der Waals surface area contributed by atoms with E-state index in [1.165, 1.54) is 16.2 Å². The number of ether oxygens (including phenoxy) is 3. The monoisotopic (exact) mass is 494 g/mol. The minimum atomic E-state index is -0.663. The molecule has 3 aromatic rings. The van der Waals surface area contributed by atoms with Crippen molar-refractivity contribution in [3.05, 3.63) is 75.5 Å². The Morgan fingerprint density at radius 1 is 1.00 bits per heavy atom. The average molecular weight is 495 g/mol. The fourth-order valence-corrected chi connectivity index (χ4v) is 4.70. The summed E-state index contributed by atoms with van der Waals surface area (Å²) in [5, 5.41) is 1.82. The standard InChI is InChI=1S/C26H26N2O6S/c1-27(25(30)23-9-6-12-35-23)20-8-5-4-7-19(20)26(31)34-16-24(29)28-11-10-17-13-21(32-2)22(33-3)14-18(17)15-28/h4-9,12-14H,10-11,15-16H2,1-3H3. The maximum atomic E-state index is 12.9. The van der Waals surface area contributed by atoms with Crippen molar-refractivity contribution >= 4 is 34.8 Å². The third kappa shape index (κ3) is 5.14. The van der Waals surface area contributed by atoms with Gasteiger partial charge in [0.1, 0.15) is 0 Å². The molecule has 0 spiro atoms. The van der Waals surface area contributed by atoms with E-state index in [2.05, 4.69) is 0 Å². The van der Waals surface area contributed by atoms with Crippen LogP contribution in [0.1, 0.15) is 31.2 Å². The molecule has 0 saturated heterocycles. The van der Waals surface area contributed by atoms with E-state index >= 15 is 0 Å². The summed E-state index contributed by atoms with van der Waals surface area (Å²) in [6.45, 7) is 0.507. The second-order valence-electron chi connectivity index (χ2n) is 7.98. The van der Waals surface area contributed by atoms with Gasteiger partial charge in [-0.15, -0.1) is 11.3 Å². The average Bonchev–Trinajstić information content (AvgIpc) is 3.44. The van der Waals surface area contributed by atoms with E-state index in [4.69, 9.17) is 14.2 Å². The zero-order valence-corrected chi connectivity index (χ0v) is 20.6. The van der Waals surface area contributed by atoms with Crippen LogP contribution >= 0.6 is 11.3 Å². The fourth-order valence-electron chi connectivity index (χ4n) is 4.01. The zero-order valence-electron chi connectivity index (χ0n) is 19.8. The van der Waals surface area contributed by atoms with Crippen molar-refractivity contribution in [3.63, 3.8) is 0 Å². The van der Waals surface area contributed by atoms with Crippen molar-refractivity contribution < 1.29 is 28.6 Å². The minimum Gasteiger partial charge on any atom is -0.493 e. The molecule has 0 N–H and O–H groups in total. The first-order valence-electron chi connectivity index (χ1n) is 11.0. The maximum absolute atomic E-state index is 12.9. The lowest BCUT2D eigenvalue weighted by Crippen LogP contribution is -2.38. The first-order chi connectivity index (χ1) is 16.9. The lowest BCUT2D eigenvalue weighted by Gasteiger charge is -2.29. The van der Waals surface area contributed by atoms with E-state index in [0.29, 0.717) is 41.6 Å². The van der Waals surface area contributed by atoms with Crippen LogP contribution in [0.5, 0.6) is 11.5 Å². The Balaban J connectivity index is 1.42. The third-order valence-corrected chi connectivity index (χ3v) is 6.78. The van der Waals surface area contributed by atoms with E-state index < -0.39 is 12.6 Å². The van der Waals surface area contributed by atoms with Crippen LogP contribution in [0.2, 0.25) is 0 Å². The number of para-hydroxylation sites is 1. The molecule has 0 saturated carbocycles. The maximum Gasteiger partial charge on any atom is 0.340 e. The molecule has 2 aromatic carbocycles. The largest absolute Gasteiger partial charge is 0.493 e. The predicted molar refractivity (Wildman–Crippen MR) is 132 cm³/mol. The number of rotatable bonds is 7. The van der Waals surface area contributed by atoms with Crippen molar-refractivity contribution in [3.8, 4) is 11.5 Å². The van der Waals surface area contributed by atoms with Crippen LogP contribution in [-0.2, 0) is 22.5 Å². The highest BCUT2D eigenvalue weighted by Crippen LogP contribution is 2.33. The Morgan fingerprint density at radius 3 is 2.40 bits per heavy atom. The van der Waals surface area contributed by atoms with Gasteiger partial charge in [0, 0.05) is 20.1 Å². The van der Waals surface area contributed by atoms with Gasteiger partial charge in [0.2, 0.25) is 0 Å². The number of fused-ring (bicyclic) bond motifs is 1. The van der Waals surface area contributed by atoms with Crippen LogP contribution in [0.25, 0.3) is 0 Å². The van der Waals surface area contributed by atoms with Crippen LogP contribution in [-0.4, -0.2) is 57.1 Å². The topological polar surface area (TPSA) is 85.4 Å². The molecule has 1 aliphatic rings. The first-order valence-corrected chi connectivity index (χ1v) is 11.9. The van der Waals surface area contributed by atoms with Crippen molar-refractivity contribution in [2.75, 3.05) is 39.3 Å². The van der Waals surface area contributed by atoms with E-state index in [-0.39, 0.29) is 17.4 Å². The van der Waals surface area contributed by atoms with Crippen molar-refractivity contribution in [2.24, 2.45) is 0 Å². The second kappa shape index (κ2) is 10.6. The van der Waals surface area contributed by atoms with Crippen molar-refractivity contribution in [1.82, 2.24) is 4.90 Å². The smallest absolute Gasteiger partial charge is 0.340 e. The van der Waals surface area contributed by atoms with Crippen molar-refractivity contribution in [2.45, 2.75) is 13.0 Å². The van der Waals surface area contributed by atoms with Gasteiger partial charge < -0.3 is 24.0 Å². The Bertz CT molecular complexity index is 1240. The van der Waals surface area contributed by atoms with E-state index in [1.54, 1.807) is 62.6 Å². The van der Waals surface area contributed by atoms with Gasteiger partial charge in [0.15, 0.2) is 18.1 Å². The molecule has 35 heavy (non-hydrogen) atoms. The first kappa shape index (κ1) is 24.3. The van der Waals surface area contributed by atoms with Gasteiger partial charge in [-0.2, -0.15) is 0 Å². The molecule has 0 atom stereocenters. The van der Waals surface area contributed by atoms with Crippen LogP contribution in [0.3, 0.4) is 0 Å². The summed E-state index contributed by atoms with van der Waals surface area (Å²) in [6.07, 6.45) is 0.661. The zero-order chi connectivity index (χ0) is 24.9. The van der Waals surface area contributed by atoms with Gasteiger partial charge in [-0.25, -0.2) is 4.79 Å². The normalized spacial score (nSPS) is 12.5. The number of anilines is 1. The number of carbonyl (C=O) groups excluding carboxylic acids is 3. The van der Waals surface area contributed by atoms with E-state index in [9.17, 15) is 14.4 Å². The molecule has 2 amide bonds. The molecule has 0 radical (unpaired) electrons. The van der Waals surface area contributed by atoms with Crippen LogP contribution < -0.4 is 14.4 Å². The molecule has 0 unspecified atom stereocenters. The molecular weight excluding hydrogens is 468 g/mol. The number of esters is 1. The van der Waals surface area contributed by atoms with Gasteiger partial charge in [-0.05, 0) is 53.3 Å². The van der Waals surface area contributed by atoms with Gasteiger partial charge in [0.05, 0.1) is 30.3 Å². The van der Waals surface area contributed by atoms with Crippen LogP contribution in [0, 0.1) is 0 Å². The molecule has 1 aliphatic heterocycles. The summed E-state index contributed by atoms with van der Waals surface area (Å²) >= 11 is 1.33. The molecule has 4 rings (SSSR count). The predicted octanol–water partition coefficient (Wildman–Crippen LogP) is 3.78. The Hall–Kier alpha value is -3.85. The van der Waals surface area contributed by atoms with Crippen molar-refractivity contribution in [1.29, 1.82) is 0 Å². The van der Waals surface area contributed by atoms with Crippen LogP contribution in [0.4, 0.5) is 5.69 Å². The molecule has 1 aromatic heterocycles. The molecule has 8 nitrogen and oxygen atoms in total. The number of thiophene rings is 1. The lowest BCUT2D eigenvalue weighted by atomic mass is 9.99.